The minimum Gasteiger partial charge on any atom is -0.480 e. The van der Waals surface area contributed by atoms with E-state index in [0.29, 0.717) is 4.90 Å². The van der Waals surface area contributed by atoms with E-state index in [1.165, 1.54) is 12.1 Å². The average Bonchev–Trinajstić information content (AvgIpc) is 2.16. The smallest absolute Gasteiger partial charge is 0.318 e. The summed E-state index contributed by atoms with van der Waals surface area (Å²) in [6, 6.07) is 6.03. The predicted molar refractivity (Wildman–Crippen MR) is 52.7 cm³/mol. The van der Waals surface area contributed by atoms with Gasteiger partial charge in [-0.05, 0) is 12.1 Å². The molecule has 0 aliphatic carbocycles. The highest BCUT2D eigenvalue weighted by atomic mass is 32.2. The molecule has 14 heavy (non-hydrogen) atoms. The zero-order chi connectivity index (χ0) is 10.6. The first-order valence-electron chi connectivity index (χ1n) is 3.99. The van der Waals surface area contributed by atoms with E-state index in [2.05, 4.69) is 0 Å². The third-order valence-corrected chi connectivity index (χ3v) is 2.86. The summed E-state index contributed by atoms with van der Waals surface area (Å²) >= 11 is 0.924. The number of carboxylic acid groups (broad SMARTS) is 1. The molecule has 0 amide bonds. The maximum absolute atomic E-state index is 13.1. The van der Waals surface area contributed by atoms with Gasteiger partial charge in [0, 0.05) is 11.4 Å². The molecular weight excluding hydrogens is 205 g/mol. The zero-order valence-electron chi connectivity index (χ0n) is 7.31. The molecule has 0 aliphatic heterocycles. The van der Waals surface area contributed by atoms with Crippen LogP contribution >= 0.6 is 11.8 Å². The van der Waals surface area contributed by atoms with Gasteiger partial charge < -0.3 is 10.8 Å². The molecule has 0 radical (unpaired) electrons. The third-order valence-electron chi connectivity index (χ3n) is 1.60. The largest absolute Gasteiger partial charge is 0.480 e. The quantitative estimate of drug-likeness (QED) is 0.744. The lowest BCUT2D eigenvalue weighted by Gasteiger charge is -2.09. The molecule has 1 unspecified atom stereocenters. The number of halogens is 1. The maximum atomic E-state index is 13.1. The molecule has 1 rings (SSSR count). The second-order valence-electron chi connectivity index (χ2n) is 2.61. The van der Waals surface area contributed by atoms with Crippen LogP contribution in [0.15, 0.2) is 29.2 Å². The SMILES string of the molecule is NCC(Sc1ccccc1F)C(=O)O. The Morgan fingerprint density at radius 1 is 1.57 bits per heavy atom. The zero-order valence-corrected chi connectivity index (χ0v) is 8.13. The van der Waals surface area contributed by atoms with Gasteiger partial charge in [-0.1, -0.05) is 12.1 Å². The van der Waals surface area contributed by atoms with Gasteiger partial charge in [-0.25, -0.2) is 4.39 Å². The van der Waals surface area contributed by atoms with E-state index in [9.17, 15) is 9.18 Å². The van der Waals surface area contributed by atoms with Gasteiger partial charge in [0.15, 0.2) is 0 Å². The van der Waals surface area contributed by atoms with Crippen molar-refractivity contribution in [3.63, 3.8) is 0 Å². The first kappa shape index (κ1) is 11.0. The third kappa shape index (κ3) is 2.71. The minimum atomic E-state index is -1.03. The van der Waals surface area contributed by atoms with Gasteiger partial charge in [-0.2, -0.15) is 0 Å². The van der Waals surface area contributed by atoms with Gasteiger partial charge in [0.2, 0.25) is 0 Å². The molecule has 1 aromatic rings. The van der Waals surface area contributed by atoms with Gasteiger partial charge in [0.25, 0.3) is 0 Å². The summed E-state index contributed by atoms with van der Waals surface area (Å²) in [5.74, 6) is -1.45. The Labute approximate surface area is 85.1 Å². The van der Waals surface area contributed by atoms with Crippen molar-refractivity contribution in [2.45, 2.75) is 10.1 Å². The molecule has 76 valence electrons. The highest BCUT2D eigenvalue weighted by Crippen LogP contribution is 2.25. The van der Waals surface area contributed by atoms with Crippen LogP contribution in [-0.2, 0) is 4.79 Å². The van der Waals surface area contributed by atoms with Crippen LogP contribution in [0.25, 0.3) is 0 Å². The van der Waals surface area contributed by atoms with Crippen LogP contribution < -0.4 is 5.73 Å². The lowest BCUT2D eigenvalue weighted by atomic mass is 10.3. The Bertz CT molecular complexity index is 332. The van der Waals surface area contributed by atoms with Gasteiger partial charge in [-0.3, -0.25) is 4.79 Å². The van der Waals surface area contributed by atoms with Crippen molar-refractivity contribution in [2.24, 2.45) is 5.73 Å². The first-order valence-corrected chi connectivity index (χ1v) is 4.87. The number of nitrogens with two attached hydrogens (primary N) is 1. The Hall–Kier alpha value is -1.07. The van der Waals surface area contributed by atoms with Crippen LogP contribution in [-0.4, -0.2) is 22.9 Å². The van der Waals surface area contributed by atoms with Crippen molar-refractivity contribution in [1.82, 2.24) is 0 Å². The van der Waals surface area contributed by atoms with Gasteiger partial charge in [0.05, 0.1) is 0 Å². The van der Waals surface area contributed by atoms with Crippen molar-refractivity contribution in [2.75, 3.05) is 6.54 Å². The number of thioether (sulfide) groups is 1. The van der Waals surface area contributed by atoms with Crippen LogP contribution in [0.5, 0.6) is 0 Å². The monoisotopic (exact) mass is 215 g/mol. The van der Waals surface area contributed by atoms with E-state index in [1.807, 2.05) is 0 Å². The molecule has 1 atom stereocenters. The van der Waals surface area contributed by atoms with E-state index in [4.69, 9.17) is 10.8 Å². The minimum absolute atomic E-state index is 0.0195. The number of hydrogen-bond donors (Lipinski definition) is 2. The molecule has 0 saturated carbocycles. The van der Waals surface area contributed by atoms with Gasteiger partial charge >= 0.3 is 5.97 Å². The molecule has 0 heterocycles. The van der Waals surface area contributed by atoms with E-state index in [0.717, 1.165) is 11.8 Å². The average molecular weight is 215 g/mol. The van der Waals surface area contributed by atoms with E-state index in [-0.39, 0.29) is 6.54 Å². The van der Waals surface area contributed by atoms with Crippen molar-refractivity contribution in [1.29, 1.82) is 0 Å². The molecule has 3 N–H and O–H groups in total. The number of aliphatic carboxylic acids is 1. The standard InChI is InChI=1S/C9H10FNO2S/c10-6-3-1-2-4-7(6)14-8(5-11)9(12)13/h1-4,8H,5,11H2,(H,12,13). The van der Waals surface area contributed by atoms with E-state index in [1.54, 1.807) is 12.1 Å². The number of benzene rings is 1. The van der Waals surface area contributed by atoms with Crippen LogP contribution in [0, 0.1) is 5.82 Å². The second-order valence-corrected chi connectivity index (χ2v) is 3.86. The summed E-state index contributed by atoms with van der Waals surface area (Å²) in [4.78, 5) is 10.9. The molecule has 0 fully saturated rings. The molecule has 1 aromatic carbocycles. The topological polar surface area (TPSA) is 63.3 Å². The summed E-state index contributed by atoms with van der Waals surface area (Å²) in [5.41, 5.74) is 5.25. The van der Waals surface area contributed by atoms with E-state index < -0.39 is 17.0 Å². The van der Waals surface area contributed by atoms with Gasteiger partial charge in [-0.15, -0.1) is 11.8 Å². The van der Waals surface area contributed by atoms with Crippen molar-refractivity contribution in [3.05, 3.63) is 30.1 Å². The van der Waals surface area contributed by atoms with Crippen LogP contribution in [0.2, 0.25) is 0 Å². The van der Waals surface area contributed by atoms with Crippen LogP contribution in [0.4, 0.5) is 4.39 Å². The van der Waals surface area contributed by atoms with Crippen molar-refractivity contribution < 1.29 is 14.3 Å². The lowest BCUT2D eigenvalue weighted by Crippen LogP contribution is -2.25. The van der Waals surface area contributed by atoms with E-state index >= 15 is 0 Å². The fourth-order valence-corrected chi connectivity index (χ4v) is 1.73. The Balaban J connectivity index is 2.77. The summed E-state index contributed by atoms with van der Waals surface area (Å²) in [6.07, 6.45) is 0. The molecule has 0 aromatic heterocycles. The normalized spacial score (nSPS) is 12.4. The summed E-state index contributed by atoms with van der Waals surface area (Å²) in [5, 5.41) is 7.90. The predicted octanol–water partition coefficient (Wildman–Crippen LogP) is 1.33. The highest BCUT2D eigenvalue weighted by molar-refractivity contribution is 8.00. The molecule has 5 heteroatoms. The fourth-order valence-electron chi connectivity index (χ4n) is 0.893. The maximum Gasteiger partial charge on any atom is 0.318 e. The summed E-state index contributed by atoms with van der Waals surface area (Å²) in [6.45, 7) is -0.0195. The summed E-state index contributed by atoms with van der Waals surface area (Å²) < 4.78 is 13.1. The Morgan fingerprint density at radius 3 is 2.71 bits per heavy atom. The summed E-state index contributed by atoms with van der Waals surface area (Å²) in [7, 11) is 0. The molecular formula is C9H10FNO2S. The molecule has 0 bridgehead atoms. The van der Waals surface area contributed by atoms with Gasteiger partial charge in [0.1, 0.15) is 11.1 Å². The molecule has 0 spiro atoms. The lowest BCUT2D eigenvalue weighted by molar-refractivity contribution is -0.136. The van der Waals surface area contributed by atoms with Crippen molar-refractivity contribution >= 4 is 17.7 Å². The highest BCUT2D eigenvalue weighted by Gasteiger charge is 2.18. The van der Waals surface area contributed by atoms with Crippen molar-refractivity contribution in [3.8, 4) is 0 Å². The Kier molecular flexibility index (Phi) is 3.91. The van der Waals surface area contributed by atoms with Crippen LogP contribution in [0.1, 0.15) is 0 Å². The second kappa shape index (κ2) is 4.97. The molecule has 0 saturated heterocycles. The molecule has 3 nitrogen and oxygen atoms in total. The fraction of sp³-hybridized carbons (Fsp3) is 0.222. The Morgan fingerprint density at radius 2 is 2.21 bits per heavy atom. The number of hydrogen-bond acceptors (Lipinski definition) is 3. The van der Waals surface area contributed by atoms with Crippen LogP contribution in [0.3, 0.4) is 0 Å². The number of carbonyl (C=O) groups is 1. The number of rotatable bonds is 4. The molecule has 0 aliphatic rings. The number of carboxylic acids is 1. The first-order chi connectivity index (χ1) is 6.65.